The van der Waals surface area contributed by atoms with Gasteiger partial charge in [0.2, 0.25) is 5.43 Å². The van der Waals surface area contributed by atoms with Gasteiger partial charge in [0.25, 0.3) is 5.24 Å². The van der Waals surface area contributed by atoms with Gasteiger partial charge in [-0.3, -0.25) is 9.59 Å². The zero-order valence-electron chi connectivity index (χ0n) is 10.2. The molecule has 3 nitrogen and oxygen atoms in total. The van der Waals surface area contributed by atoms with Crippen molar-refractivity contribution in [3.63, 3.8) is 0 Å². The van der Waals surface area contributed by atoms with Gasteiger partial charge < -0.3 is 4.98 Å². The van der Waals surface area contributed by atoms with Crippen LogP contribution in [0.3, 0.4) is 0 Å². The van der Waals surface area contributed by atoms with Gasteiger partial charge in [-0.2, -0.15) is 26.3 Å². The van der Waals surface area contributed by atoms with Crippen molar-refractivity contribution in [2.45, 2.75) is 12.4 Å². The first-order chi connectivity index (χ1) is 9.94. The number of fused-ring (bicyclic) bond motifs is 1. The van der Waals surface area contributed by atoms with Crippen LogP contribution in [-0.2, 0) is 12.4 Å². The maximum atomic E-state index is 12.9. The number of carbonyl (C=O) groups excluding carboxylic acids is 1. The lowest BCUT2D eigenvalue weighted by atomic mass is 10.0. The molecule has 10 heteroatoms. The molecule has 0 radical (unpaired) electrons. The number of hydrogen-bond acceptors (Lipinski definition) is 2. The highest BCUT2D eigenvalue weighted by Gasteiger charge is 2.40. The number of rotatable bonds is 1. The molecule has 0 aliphatic carbocycles. The average molecular weight is 344 g/mol. The summed E-state index contributed by atoms with van der Waals surface area (Å²) in [5.74, 6) is 0. The summed E-state index contributed by atoms with van der Waals surface area (Å²) in [4.78, 5) is 24.7. The maximum Gasteiger partial charge on any atom is 0.432 e. The molecule has 0 saturated carbocycles. The van der Waals surface area contributed by atoms with Crippen LogP contribution in [0.15, 0.2) is 23.0 Å². The molecule has 2 rings (SSSR count). The highest BCUT2D eigenvalue weighted by atomic mass is 35.5. The fourth-order valence-electron chi connectivity index (χ4n) is 1.97. The van der Waals surface area contributed by atoms with Crippen molar-refractivity contribution in [1.29, 1.82) is 0 Å². The number of pyridine rings is 1. The number of carbonyl (C=O) groups is 1. The number of alkyl halides is 6. The normalized spacial score (nSPS) is 12.7. The number of nitrogens with one attached hydrogen (secondary N) is 1. The minimum absolute atomic E-state index is 0.521. The van der Waals surface area contributed by atoms with Crippen LogP contribution in [0.4, 0.5) is 26.3 Å². The fourth-order valence-corrected chi connectivity index (χ4v) is 2.15. The molecule has 1 aromatic carbocycles. The van der Waals surface area contributed by atoms with E-state index in [1.165, 1.54) is 0 Å². The van der Waals surface area contributed by atoms with E-state index in [1.54, 1.807) is 4.98 Å². The van der Waals surface area contributed by atoms with Crippen molar-refractivity contribution < 1.29 is 31.1 Å². The molecule has 0 spiro atoms. The van der Waals surface area contributed by atoms with E-state index < -0.39 is 50.7 Å². The molecule has 0 atom stereocenters. The molecule has 1 N–H and O–H groups in total. The van der Waals surface area contributed by atoms with Gasteiger partial charge in [0.05, 0.1) is 16.5 Å². The number of benzene rings is 1. The molecule has 0 unspecified atom stereocenters. The van der Waals surface area contributed by atoms with Crippen molar-refractivity contribution in [3.05, 3.63) is 45.2 Å². The summed E-state index contributed by atoms with van der Waals surface area (Å²) in [6.45, 7) is 0. The molecule has 22 heavy (non-hydrogen) atoms. The third-order valence-corrected chi connectivity index (χ3v) is 3.00. The lowest BCUT2D eigenvalue weighted by Crippen LogP contribution is -2.25. The maximum absolute atomic E-state index is 12.9. The SMILES string of the molecule is O=C(Cl)c1c(C(F)(F)F)[nH]c2cccc(C(F)(F)F)c2c1=O. The summed E-state index contributed by atoms with van der Waals surface area (Å²) >= 11 is 4.95. The van der Waals surface area contributed by atoms with E-state index in [2.05, 4.69) is 0 Å². The van der Waals surface area contributed by atoms with Gasteiger partial charge in [0, 0.05) is 0 Å². The number of H-pyrrole nitrogens is 1. The molecule has 0 aliphatic rings. The summed E-state index contributed by atoms with van der Waals surface area (Å²) in [6.07, 6.45) is -10.2. The Bertz CT molecular complexity index is 821. The Kier molecular flexibility index (Phi) is 3.72. The zero-order valence-corrected chi connectivity index (χ0v) is 11.0. The van der Waals surface area contributed by atoms with E-state index in [9.17, 15) is 35.9 Å². The van der Waals surface area contributed by atoms with Crippen LogP contribution in [0.1, 0.15) is 21.6 Å². The minimum Gasteiger partial charge on any atom is -0.350 e. The van der Waals surface area contributed by atoms with Crippen molar-refractivity contribution in [2.24, 2.45) is 0 Å². The Morgan fingerprint density at radius 2 is 1.64 bits per heavy atom. The van der Waals surface area contributed by atoms with Gasteiger partial charge in [0.1, 0.15) is 11.3 Å². The van der Waals surface area contributed by atoms with Crippen molar-refractivity contribution in [1.82, 2.24) is 4.98 Å². The fraction of sp³-hybridized carbons (Fsp3) is 0.167. The molecule has 0 saturated heterocycles. The van der Waals surface area contributed by atoms with E-state index in [-0.39, 0.29) is 0 Å². The monoisotopic (exact) mass is 343 g/mol. The van der Waals surface area contributed by atoms with Crippen LogP contribution < -0.4 is 5.43 Å². The predicted molar refractivity (Wildman–Crippen MR) is 64.8 cm³/mol. The number of aromatic amines is 1. The van der Waals surface area contributed by atoms with Gasteiger partial charge in [-0.15, -0.1) is 0 Å². The molecule has 118 valence electrons. The molecule has 0 bridgehead atoms. The van der Waals surface area contributed by atoms with Crippen molar-refractivity contribution in [3.8, 4) is 0 Å². The Hall–Kier alpha value is -2.03. The van der Waals surface area contributed by atoms with Crippen molar-refractivity contribution in [2.75, 3.05) is 0 Å². The smallest absolute Gasteiger partial charge is 0.350 e. The van der Waals surface area contributed by atoms with Gasteiger partial charge in [-0.25, -0.2) is 0 Å². The topological polar surface area (TPSA) is 49.9 Å². The van der Waals surface area contributed by atoms with Crippen LogP contribution in [0.25, 0.3) is 10.9 Å². The highest BCUT2D eigenvalue weighted by molar-refractivity contribution is 6.68. The van der Waals surface area contributed by atoms with Crippen LogP contribution in [0.5, 0.6) is 0 Å². The Balaban J connectivity index is 3.06. The molecule has 1 heterocycles. The largest absolute Gasteiger partial charge is 0.432 e. The average Bonchev–Trinajstić information content (AvgIpc) is 2.35. The number of halogens is 7. The molecule has 0 aliphatic heterocycles. The van der Waals surface area contributed by atoms with Gasteiger partial charge in [-0.05, 0) is 23.7 Å². The summed E-state index contributed by atoms with van der Waals surface area (Å²) in [5.41, 5.74) is -7.25. The first-order valence-electron chi connectivity index (χ1n) is 5.48. The quantitative estimate of drug-likeness (QED) is 0.630. The van der Waals surface area contributed by atoms with Crippen LogP contribution >= 0.6 is 11.6 Å². The number of aromatic nitrogens is 1. The molecule has 0 amide bonds. The summed E-state index contributed by atoms with van der Waals surface area (Å²) in [6, 6.07) is 2.22. The standard InChI is InChI=1S/C12H4ClF6NO2/c13-10(22)7-8(21)6-4(11(14,15)16)2-1-3-5(6)20-9(7)12(17,18)19/h1-3H,(H,20,21). The van der Waals surface area contributed by atoms with Crippen LogP contribution in [0, 0.1) is 0 Å². The van der Waals surface area contributed by atoms with Gasteiger partial charge in [0.15, 0.2) is 0 Å². The Morgan fingerprint density at radius 3 is 2.09 bits per heavy atom. The first kappa shape index (κ1) is 16.3. The second-order valence-electron chi connectivity index (χ2n) is 4.20. The summed E-state index contributed by atoms with van der Waals surface area (Å²) < 4.78 is 77.2. The van der Waals surface area contributed by atoms with Gasteiger partial charge in [-0.1, -0.05) is 6.07 Å². The van der Waals surface area contributed by atoms with Crippen LogP contribution in [0.2, 0.25) is 0 Å². The Morgan fingerprint density at radius 1 is 1.05 bits per heavy atom. The third-order valence-electron chi connectivity index (χ3n) is 2.81. The van der Waals surface area contributed by atoms with E-state index in [1.807, 2.05) is 0 Å². The molecular weight excluding hydrogens is 340 g/mol. The molecule has 1 aromatic heterocycles. The lowest BCUT2D eigenvalue weighted by Gasteiger charge is -2.14. The number of hydrogen-bond donors (Lipinski definition) is 1. The molecular formula is C12H4ClF6NO2. The second kappa shape index (κ2) is 5.01. The van der Waals surface area contributed by atoms with E-state index in [4.69, 9.17) is 11.6 Å². The van der Waals surface area contributed by atoms with Gasteiger partial charge >= 0.3 is 12.4 Å². The Labute approximate surface area is 122 Å². The third kappa shape index (κ3) is 2.68. The minimum atomic E-state index is -5.17. The lowest BCUT2D eigenvalue weighted by molar-refractivity contribution is -0.141. The molecule has 2 aromatic rings. The molecule has 0 fully saturated rings. The van der Waals surface area contributed by atoms with Crippen LogP contribution in [-0.4, -0.2) is 10.2 Å². The van der Waals surface area contributed by atoms with E-state index in [0.29, 0.717) is 6.07 Å². The second-order valence-corrected chi connectivity index (χ2v) is 4.54. The predicted octanol–water partition coefficient (Wildman–Crippen LogP) is 3.94. The first-order valence-corrected chi connectivity index (χ1v) is 5.85. The summed E-state index contributed by atoms with van der Waals surface area (Å²) in [5, 5.41) is -2.88. The summed E-state index contributed by atoms with van der Waals surface area (Å²) in [7, 11) is 0. The van der Waals surface area contributed by atoms with E-state index in [0.717, 1.165) is 12.1 Å². The van der Waals surface area contributed by atoms with E-state index >= 15 is 0 Å². The van der Waals surface area contributed by atoms with Crippen molar-refractivity contribution >= 4 is 27.7 Å². The zero-order chi connectivity index (χ0) is 16.9. The highest BCUT2D eigenvalue weighted by Crippen LogP contribution is 2.36.